The quantitative estimate of drug-likeness (QED) is 0.425. The molecule has 3 nitrogen and oxygen atoms in total. The van der Waals surface area contributed by atoms with Gasteiger partial charge in [0.15, 0.2) is 0 Å². The van der Waals surface area contributed by atoms with Crippen molar-refractivity contribution in [3.63, 3.8) is 0 Å². The van der Waals surface area contributed by atoms with Gasteiger partial charge in [0, 0.05) is 12.8 Å². The van der Waals surface area contributed by atoms with Gasteiger partial charge in [-0.05, 0) is 11.9 Å². The molecule has 0 aromatic rings. The van der Waals surface area contributed by atoms with Gasteiger partial charge in [0.2, 0.25) is 6.41 Å². The molecule has 4 heteroatoms. The Morgan fingerprint density at radius 1 is 1.88 bits per heavy atom. The molecule has 0 aromatic carbocycles. The Balaban J connectivity index is 2.98. The number of rotatable bonds is 4. The highest BCUT2D eigenvalue weighted by Crippen LogP contribution is 2.00. The molecule has 0 atom stereocenters. The Bertz CT molecular complexity index is 69.1. The summed E-state index contributed by atoms with van der Waals surface area (Å²) in [7, 11) is 1.65. The molecule has 0 saturated carbocycles. The third-order valence-electron chi connectivity index (χ3n) is 0.535. The maximum absolute atomic E-state index is 9.83. The molecule has 0 unspecified atom stereocenters. The molecule has 0 aromatic heterocycles. The van der Waals surface area contributed by atoms with Gasteiger partial charge in [-0.25, -0.2) is 0 Å². The summed E-state index contributed by atoms with van der Waals surface area (Å²) in [5, 5.41) is 8.25. The second-order valence-electron chi connectivity index (χ2n) is 1.21. The summed E-state index contributed by atoms with van der Waals surface area (Å²) >= 11 is 1.29. The Morgan fingerprint density at radius 3 is 2.88 bits per heavy atom. The van der Waals surface area contributed by atoms with Crippen LogP contribution in [0.3, 0.4) is 0 Å². The van der Waals surface area contributed by atoms with Crippen molar-refractivity contribution >= 4 is 18.4 Å². The number of aliphatic hydroxyl groups is 1. The summed E-state index contributed by atoms with van der Waals surface area (Å²) in [5.41, 5.74) is 0. The molecule has 0 aliphatic rings. The van der Waals surface area contributed by atoms with E-state index in [9.17, 15) is 4.79 Å². The van der Waals surface area contributed by atoms with E-state index in [1.54, 1.807) is 7.05 Å². The van der Waals surface area contributed by atoms with Crippen LogP contribution in [0.2, 0.25) is 0 Å². The predicted molar refractivity (Wildman–Crippen MR) is 33.4 cm³/mol. The Kier molecular flexibility index (Phi) is 4.79. The lowest BCUT2D eigenvalue weighted by Gasteiger charge is -2.05. The van der Waals surface area contributed by atoms with Crippen molar-refractivity contribution in [2.24, 2.45) is 0 Å². The van der Waals surface area contributed by atoms with E-state index in [0.717, 1.165) is 0 Å². The number of carbonyl (C=O) groups excluding carboxylic acids is 1. The van der Waals surface area contributed by atoms with Crippen molar-refractivity contribution in [3.05, 3.63) is 0 Å². The van der Waals surface area contributed by atoms with E-state index in [-0.39, 0.29) is 6.61 Å². The van der Waals surface area contributed by atoms with Crippen LogP contribution < -0.4 is 0 Å². The minimum Gasteiger partial charge on any atom is -0.395 e. The Morgan fingerprint density at radius 2 is 2.50 bits per heavy atom. The first kappa shape index (κ1) is 7.78. The number of aliphatic hydroxyl groups excluding tert-OH is 1. The zero-order chi connectivity index (χ0) is 6.41. The van der Waals surface area contributed by atoms with E-state index in [1.165, 1.54) is 16.3 Å². The van der Waals surface area contributed by atoms with Gasteiger partial charge in [0.05, 0.1) is 6.61 Å². The highest BCUT2D eigenvalue weighted by molar-refractivity contribution is 7.97. The van der Waals surface area contributed by atoms with Gasteiger partial charge < -0.3 is 5.11 Å². The summed E-state index contributed by atoms with van der Waals surface area (Å²) < 4.78 is 1.41. The van der Waals surface area contributed by atoms with Crippen molar-refractivity contribution in [3.8, 4) is 0 Å². The van der Waals surface area contributed by atoms with Crippen molar-refractivity contribution in [2.75, 3.05) is 19.4 Å². The standard InChI is InChI=1S/C4H9NO2S/c1-5(4-7)8-3-2-6/h4,6H,2-3H2,1H3. The maximum Gasteiger partial charge on any atom is 0.219 e. The topological polar surface area (TPSA) is 40.5 Å². The molecule has 0 saturated heterocycles. The van der Waals surface area contributed by atoms with Crippen LogP contribution in [-0.4, -0.2) is 35.2 Å². The lowest BCUT2D eigenvalue weighted by atomic mass is 10.9. The molecule has 8 heavy (non-hydrogen) atoms. The van der Waals surface area contributed by atoms with Crippen LogP contribution in [0.5, 0.6) is 0 Å². The van der Waals surface area contributed by atoms with Crippen LogP contribution >= 0.6 is 11.9 Å². The molecular weight excluding hydrogens is 126 g/mol. The summed E-state index contributed by atoms with van der Waals surface area (Å²) in [5.74, 6) is 0.579. The first-order chi connectivity index (χ1) is 3.81. The van der Waals surface area contributed by atoms with Crippen molar-refractivity contribution < 1.29 is 9.90 Å². The normalized spacial score (nSPS) is 8.75. The molecule has 0 rings (SSSR count). The molecule has 0 heterocycles. The van der Waals surface area contributed by atoms with Gasteiger partial charge in [-0.2, -0.15) is 0 Å². The van der Waals surface area contributed by atoms with E-state index < -0.39 is 0 Å². The molecule has 0 aliphatic carbocycles. The lowest BCUT2D eigenvalue weighted by Crippen LogP contribution is -2.07. The fourth-order valence-electron chi connectivity index (χ4n) is 0.215. The molecule has 0 bridgehead atoms. The number of hydrogen-bond donors (Lipinski definition) is 1. The van der Waals surface area contributed by atoms with Crippen LogP contribution in [0, 0.1) is 0 Å². The van der Waals surface area contributed by atoms with Crippen LogP contribution in [-0.2, 0) is 4.79 Å². The zero-order valence-electron chi connectivity index (χ0n) is 4.70. The molecule has 0 aliphatic heterocycles. The average Bonchev–Trinajstić information content (AvgIpc) is 1.83. The van der Waals surface area contributed by atoms with Gasteiger partial charge in [-0.3, -0.25) is 9.10 Å². The molecule has 1 amide bonds. The van der Waals surface area contributed by atoms with Crippen LogP contribution in [0.15, 0.2) is 0 Å². The van der Waals surface area contributed by atoms with E-state index in [1.807, 2.05) is 0 Å². The minimum atomic E-state index is 0.114. The summed E-state index contributed by atoms with van der Waals surface area (Å²) in [6.07, 6.45) is 0.709. The van der Waals surface area contributed by atoms with Gasteiger partial charge in [-0.15, -0.1) is 0 Å². The number of hydrogen-bond acceptors (Lipinski definition) is 3. The van der Waals surface area contributed by atoms with Crippen LogP contribution in [0.1, 0.15) is 0 Å². The van der Waals surface area contributed by atoms with Crippen molar-refractivity contribution in [2.45, 2.75) is 0 Å². The van der Waals surface area contributed by atoms with E-state index in [0.29, 0.717) is 12.2 Å². The fourth-order valence-corrected chi connectivity index (χ4v) is 0.646. The van der Waals surface area contributed by atoms with E-state index in [2.05, 4.69) is 0 Å². The summed E-state index contributed by atoms with van der Waals surface area (Å²) in [4.78, 5) is 9.83. The highest BCUT2D eigenvalue weighted by atomic mass is 32.2. The second-order valence-corrected chi connectivity index (χ2v) is 2.45. The number of carbonyl (C=O) groups is 1. The molecule has 1 N–H and O–H groups in total. The van der Waals surface area contributed by atoms with Gasteiger partial charge in [0.1, 0.15) is 0 Å². The predicted octanol–water partition coefficient (Wildman–Crippen LogP) is -0.285. The Hall–Kier alpha value is -0.220. The fraction of sp³-hybridized carbons (Fsp3) is 0.750. The smallest absolute Gasteiger partial charge is 0.219 e. The minimum absolute atomic E-state index is 0.114. The van der Waals surface area contributed by atoms with Crippen molar-refractivity contribution in [1.29, 1.82) is 0 Å². The third kappa shape index (κ3) is 3.95. The van der Waals surface area contributed by atoms with E-state index >= 15 is 0 Å². The highest BCUT2D eigenvalue weighted by Gasteiger charge is 1.89. The van der Waals surface area contributed by atoms with Gasteiger partial charge in [-0.1, -0.05) is 0 Å². The molecule has 0 spiro atoms. The maximum atomic E-state index is 9.83. The third-order valence-corrected chi connectivity index (χ3v) is 1.39. The lowest BCUT2D eigenvalue weighted by molar-refractivity contribution is -0.113. The summed E-state index contributed by atoms with van der Waals surface area (Å²) in [6, 6.07) is 0. The van der Waals surface area contributed by atoms with Crippen LogP contribution in [0.25, 0.3) is 0 Å². The number of amides is 1. The molecular formula is C4H9NO2S. The molecule has 0 radical (unpaired) electrons. The summed E-state index contributed by atoms with van der Waals surface area (Å²) in [6.45, 7) is 0.114. The first-order valence-electron chi connectivity index (χ1n) is 2.23. The first-order valence-corrected chi connectivity index (χ1v) is 3.17. The zero-order valence-corrected chi connectivity index (χ0v) is 5.52. The monoisotopic (exact) mass is 135 g/mol. The Labute approximate surface area is 52.8 Å². The SMILES string of the molecule is CN(C=O)SCCO. The van der Waals surface area contributed by atoms with Gasteiger partial charge in [0.25, 0.3) is 0 Å². The van der Waals surface area contributed by atoms with Gasteiger partial charge >= 0.3 is 0 Å². The van der Waals surface area contributed by atoms with Crippen molar-refractivity contribution in [1.82, 2.24) is 4.31 Å². The molecule has 0 fully saturated rings. The van der Waals surface area contributed by atoms with Crippen LogP contribution in [0.4, 0.5) is 0 Å². The largest absolute Gasteiger partial charge is 0.395 e. The van der Waals surface area contributed by atoms with E-state index in [4.69, 9.17) is 5.11 Å². The number of nitrogens with zero attached hydrogens (tertiary/aromatic N) is 1. The second kappa shape index (κ2) is 4.93. The molecule has 48 valence electrons. The average molecular weight is 135 g/mol.